The molecule has 4 heteroatoms. The van der Waals surface area contributed by atoms with Gasteiger partial charge in [0.15, 0.2) is 0 Å². The van der Waals surface area contributed by atoms with Crippen LogP contribution in [0.1, 0.15) is 33.1 Å². The molecule has 0 spiro atoms. The van der Waals surface area contributed by atoms with E-state index in [2.05, 4.69) is 24.1 Å². The van der Waals surface area contributed by atoms with Crippen molar-refractivity contribution in [3.8, 4) is 0 Å². The minimum Gasteiger partial charge on any atom is -0.323 e. The number of hydrogen-bond donors (Lipinski definition) is 1. The summed E-state index contributed by atoms with van der Waals surface area (Å²) in [4.78, 5) is 16.3. The van der Waals surface area contributed by atoms with Crippen LogP contribution < -0.4 is 5.32 Å². The highest BCUT2D eigenvalue weighted by Gasteiger charge is 2.33. The molecule has 1 unspecified atom stereocenters. The van der Waals surface area contributed by atoms with Crippen molar-refractivity contribution in [2.24, 2.45) is 5.92 Å². The predicted molar refractivity (Wildman–Crippen MR) is 69.0 cm³/mol. The van der Waals surface area contributed by atoms with Gasteiger partial charge >= 0.3 is 6.03 Å². The number of nitrogens with one attached hydrogen (secondary N) is 1. The van der Waals surface area contributed by atoms with E-state index in [0.717, 1.165) is 45.6 Å². The fourth-order valence-corrected chi connectivity index (χ4v) is 2.66. The van der Waals surface area contributed by atoms with Gasteiger partial charge in [0.25, 0.3) is 0 Å². The maximum atomic E-state index is 12.2. The third-order valence-electron chi connectivity index (χ3n) is 3.82. The van der Waals surface area contributed by atoms with Crippen LogP contribution in [0.25, 0.3) is 0 Å². The summed E-state index contributed by atoms with van der Waals surface area (Å²) in [5.41, 5.74) is 0. The van der Waals surface area contributed by atoms with Crippen molar-refractivity contribution in [1.82, 2.24) is 15.1 Å². The lowest BCUT2D eigenvalue weighted by molar-refractivity contribution is 0.166. The molecule has 0 aromatic carbocycles. The van der Waals surface area contributed by atoms with Crippen molar-refractivity contribution in [2.45, 2.75) is 39.2 Å². The van der Waals surface area contributed by atoms with E-state index in [1.54, 1.807) is 0 Å². The van der Waals surface area contributed by atoms with Crippen molar-refractivity contribution in [3.05, 3.63) is 0 Å². The van der Waals surface area contributed by atoms with Crippen LogP contribution in [0.3, 0.4) is 0 Å². The summed E-state index contributed by atoms with van der Waals surface area (Å²) in [5.74, 6) is 0.674. The lowest BCUT2D eigenvalue weighted by Gasteiger charge is -2.31. The Kier molecular flexibility index (Phi) is 4.26. The summed E-state index contributed by atoms with van der Waals surface area (Å²) in [6, 6.07) is 0.694. The summed E-state index contributed by atoms with van der Waals surface area (Å²) >= 11 is 0. The Balaban J connectivity index is 1.83. The number of carbonyl (C=O) groups excluding carboxylic acids is 1. The largest absolute Gasteiger partial charge is 0.323 e. The number of carbonyl (C=O) groups is 1. The van der Waals surface area contributed by atoms with Crippen LogP contribution in [0.5, 0.6) is 0 Å². The molecule has 0 aliphatic carbocycles. The molecule has 2 aliphatic heterocycles. The zero-order valence-electron chi connectivity index (χ0n) is 11.1. The van der Waals surface area contributed by atoms with Crippen LogP contribution in [0.15, 0.2) is 0 Å². The molecule has 2 saturated heterocycles. The zero-order chi connectivity index (χ0) is 12.3. The fourth-order valence-electron chi connectivity index (χ4n) is 2.66. The molecule has 0 aromatic rings. The molecule has 0 aromatic heterocycles. The summed E-state index contributed by atoms with van der Waals surface area (Å²) in [5, 5.41) is 3.38. The highest BCUT2D eigenvalue weighted by atomic mass is 16.2. The molecule has 0 saturated carbocycles. The van der Waals surface area contributed by atoms with Gasteiger partial charge in [-0.05, 0) is 31.7 Å². The maximum absolute atomic E-state index is 12.2. The molecule has 2 amide bonds. The van der Waals surface area contributed by atoms with Crippen molar-refractivity contribution in [2.75, 3.05) is 32.7 Å². The number of hydrogen-bond acceptors (Lipinski definition) is 2. The number of nitrogens with zero attached hydrogens (tertiary/aromatic N) is 2. The first-order valence-electron chi connectivity index (χ1n) is 6.94. The Morgan fingerprint density at radius 1 is 1.41 bits per heavy atom. The SMILES string of the molecule is CC(C)CCN1CCN(C2CCCNC2)C1=O. The van der Waals surface area contributed by atoms with Gasteiger partial charge in [-0.2, -0.15) is 0 Å². The van der Waals surface area contributed by atoms with E-state index in [1.807, 2.05) is 4.90 Å². The molecule has 0 bridgehead atoms. The Bertz CT molecular complexity index is 261. The molecule has 98 valence electrons. The molecule has 2 heterocycles. The smallest absolute Gasteiger partial charge is 0.320 e. The monoisotopic (exact) mass is 239 g/mol. The Morgan fingerprint density at radius 3 is 2.88 bits per heavy atom. The second kappa shape index (κ2) is 5.71. The van der Waals surface area contributed by atoms with Crippen LogP contribution in [0.2, 0.25) is 0 Å². The minimum atomic E-state index is 0.263. The van der Waals surface area contributed by atoms with Gasteiger partial charge in [0.2, 0.25) is 0 Å². The molecule has 2 aliphatic rings. The normalized spacial score (nSPS) is 26.1. The number of urea groups is 1. The second-order valence-electron chi connectivity index (χ2n) is 5.65. The van der Waals surface area contributed by atoms with E-state index in [1.165, 1.54) is 6.42 Å². The predicted octanol–water partition coefficient (Wildman–Crippen LogP) is 1.52. The first-order chi connectivity index (χ1) is 8.18. The fraction of sp³-hybridized carbons (Fsp3) is 0.923. The molecule has 2 fully saturated rings. The van der Waals surface area contributed by atoms with Gasteiger partial charge in [0.1, 0.15) is 0 Å². The van der Waals surface area contributed by atoms with Crippen LogP contribution in [0, 0.1) is 5.92 Å². The summed E-state index contributed by atoms with van der Waals surface area (Å²) in [7, 11) is 0. The average Bonchev–Trinajstić information content (AvgIpc) is 2.69. The van der Waals surface area contributed by atoms with E-state index in [-0.39, 0.29) is 6.03 Å². The van der Waals surface area contributed by atoms with Gasteiger partial charge in [-0.3, -0.25) is 0 Å². The molecule has 1 atom stereocenters. The lowest BCUT2D eigenvalue weighted by atomic mass is 10.1. The number of rotatable bonds is 4. The highest BCUT2D eigenvalue weighted by Crippen LogP contribution is 2.18. The van der Waals surface area contributed by atoms with Gasteiger partial charge in [0.05, 0.1) is 0 Å². The maximum Gasteiger partial charge on any atom is 0.320 e. The van der Waals surface area contributed by atoms with Crippen molar-refractivity contribution < 1.29 is 4.79 Å². The van der Waals surface area contributed by atoms with E-state index < -0.39 is 0 Å². The quantitative estimate of drug-likeness (QED) is 0.807. The lowest BCUT2D eigenvalue weighted by Crippen LogP contribution is -2.47. The highest BCUT2D eigenvalue weighted by molar-refractivity contribution is 5.76. The van der Waals surface area contributed by atoms with Crippen molar-refractivity contribution >= 4 is 6.03 Å². The van der Waals surface area contributed by atoms with Crippen LogP contribution in [0.4, 0.5) is 4.79 Å². The van der Waals surface area contributed by atoms with Crippen LogP contribution >= 0.6 is 0 Å². The van der Waals surface area contributed by atoms with Crippen LogP contribution in [-0.4, -0.2) is 54.6 Å². The van der Waals surface area contributed by atoms with Crippen molar-refractivity contribution in [1.29, 1.82) is 0 Å². The Labute approximate surface area is 104 Å². The van der Waals surface area contributed by atoms with Crippen LogP contribution in [-0.2, 0) is 0 Å². The zero-order valence-corrected chi connectivity index (χ0v) is 11.1. The topological polar surface area (TPSA) is 35.6 Å². The molecule has 1 N–H and O–H groups in total. The average molecular weight is 239 g/mol. The minimum absolute atomic E-state index is 0.263. The number of amides is 2. The summed E-state index contributed by atoms with van der Waals surface area (Å²) < 4.78 is 0. The molecule has 17 heavy (non-hydrogen) atoms. The Morgan fingerprint density at radius 2 is 2.24 bits per heavy atom. The van der Waals surface area contributed by atoms with Gasteiger partial charge in [-0.25, -0.2) is 4.79 Å². The third kappa shape index (κ3) is 3.12. The van der Waals surface area contributed by atoms with E-state index >= 15 is 0 Å². The van der Waals surface area contributed by atoms with E-state index in [9.17, 15) is 4.79 Å². The summed E-state index contributed by atoms with van der Waals surface area (Å²) in [6.45, 7) is 9.27. The number of piperidine rings is 1. The standard InChI is InChI=1S/C13H25N3O/c1-11(2)5-7-15-8-9-16(13(15)17)12-4-3-6-14-10-12/h11-12,14H,3-10H2,1-2H3. The molecule has 2 rings (SSSR count). The summed E-state index contributed by atoms with van der Waals surface area (Å²) in [6.07, 6.45) is 3.47. The first kappa shape index (κ1) is 12.7. The van der Waals surface area contributed by atoms with Gasteiger partial charge in [-0.1, -0.05) is 13.8 Å². The third-order valence-corrected chi connectivity index (χ3v) is 3.82. The van der Waals surface area contributed by atoms with E-state index in [4.69, 9.17) is 0 Å². The molecular formula is C13H25N3O. The van der Waals surface area contributed by atoms with Crippen molar-refractivity contribution in [3.63, 3.8) is 0 Å². The molecular weight excluding hydrogens is 214 g/mol. The second-order valence-corrected chi connectivity index (χ2v) is 5.65. The first-order valence-corrected chi connectivity index (χ1v) is 6.94. The van der Waals surface area contributed by atoms with Gasteiger partial charge in [0, 0.05) is 32.2 Å². The molecule has 4 nitrogen and oxygen atoms in total. The molecule has 0 radical (unpaired) electrons. The van der Waals surface area contributed by atoms with E-state index in [0.29, 0.717) is 12.0 Å². The van der Waals surface area contributed by atoms with Gasteiger partial charge < -0.3 is 15.1 Å². The Hall–Kier alpha value is -0.770. The van der Waals surface area contributed by atoms with Gasteiger partial charge in [-0.15, -0.1) is 0 Å².